The van der Waals surface area contributed by atoms with Crippen molar-refractivity contribution in [2.24, 2.45) is 0 Å². The molecule has 0 radical (unpaired) electrons. The topological polar surface area (TPSA) is 37.8 Å². The van der Waals surface area contributed by atoms with Crippen LogP contribution in [0.15, 0.2) is 48.5 Å². The normalized spacial score (nSPS) is 10.7. The highest BCUT2D eigenvalue weighted by Crippen LogP contribution is 2.26. The lowest BCUT2D eigenvalue weighted by atomic mass is 10.0. The van der Waals surface area contributed by atoms with Gasteiger partial charge in [-0.3, -0.25) is 0 Å². The maximum absolute atomic E-state index is 4.32. The van der Waals surface area contributed by atoms with Crippen LogP contribution in [-0.2, 0) is 19.4 Å². The van der Waals surface area contributed by atoms with E-state index in [1.54, 1.807) is 11.3 Å². The summed E-state index contributed by atoms with van der Waals surface area (Å²) in [4.78, 5) is 0. The summed E-state index contributed by atoms with van der Waals surface area (Å²) in [6, 6.07) is 16.7. The van der Waals surface area contributed by atoms with E-state index in [1.807, 2.05) is 18.2 Å². The van der Waals surface area contributed by atoms with E-state index in [-0.39, 0.29) is 0 Å². The number of anilines is 1. The van der Waals surface area contributed by atoms with Crippen LogP contribution in [0, 0.1) is 0 Å². The van der Waals surface area contributed by atoms with Crippen LogP contribution >= 0.6 is 11.3 Å². The fourth-order valence-electron chi connectivity index (χ4n) is 2.66. The average molecular weight is 323 g/mol. The highest BCUT2D eigenvalue weighted by Gasteiger charge is 2.09. The Morgan fingerprint density at radius 1 is 0.870 bits per heavy atom. The molecular formula is C19H21N3S. The van der Waals surface area contributed by atoms with E-state index in [4.69, 9.17) is 0 Å². The molecule has 118 valence electrons. The Balaban J connectivity index is 1.76. The lowest BCUT2D eigenvalue weighted by Gasteiger charge is -2.14. The van der Waals surface area contributed by atoms with Crippen LogP contribution in [0.4, 0.5) is 5.69 Å². The van der Waals surface area contributed by atoms with Gasteiger partial charge in [0.1, 0.15) is 10.0 Å². The van der Waals surface area contributed by atoms with Gasteiger partial charge in [-0.05, 0) is 24.0 Å². The van der Waals surface area contributed by atoms with Crippen LogP contribution in [0.1, 0.15) is 30.0 Å². The van der Waals surface area contributed by atoms with Gasteiger partial charge in [-0.1, -0.05) is 73.7 Å². The molecule has 0 aliphatic rings. The van der Waals surface area contributed by atoms with Crippen LogP contribution in [0.5, 0.6) is 0 Å². The fourth-order valence-corrected chi connectivity index (χ4v) is 3.44. The lowest BCUT2D eigenvalue weighted by molar-refractivity contribution is 0.979. The fraction of sp³-hybridized carbons (Fsp3) is 0.263. The minimum atomic E-state index is 0.717. The smallest absolute Gasteiger partial charge is 0.147 e. The predicted molar refractivity (Wildman–Crippen MR) is 97.9 cm³/mol. The highest BCUT2D eigenvalue weighted by molar-refractivity contribution is 7.14. The Morgan fingerprint density at radius 3 is 2.22 bits per heavy atom. The van der Waals surface area contributed by atoms with Gasteiger partial charge in [-0.25, -0.2) is 0 Å². The summed E-state index contributed by atoms with van der Waals surface area (Å²) in [6.07, 6.45) is 2.06. The van der Waals surface area contributed by atoms with Crippen molar-refractivity contribution in [2.45, 2.75) is 33.2 Å². The summed E-state index contributed by atoms with van der Waals surface area (Å²) in [5, 5.41) is 14.2. The Morgan fingerprint density at radius 2 is 1.57 bits per heavy atom. The molecule has 0 atom stereocenters. The monoisotopic (exact) mass is 323 g/mol. The number of hydrogen-bond acceptors (Lipinski definition) is 4. The van der Waals surface area contributed by atoms with Gasteiger partial charge in [0.15, 0.2) is 0 Å². The maximum atomic E-state index is 4.32. The van der Waals surface area contributed by atoms with Crippen molar-refractivity contribution >= 4 is 17.0 Å². The van der Waals surface area contributed by atoms with E-state index < -0.39 is 0 Å². The molecule has 4 heteroatoms. The summed E-state index contributed by atoms with van der Waals surface area (Å²) in [6.45, 7) is 5.10. The molecule has 3 nitrogen and oxygen atoms in total. The third kappa shape index (κ3) is 3.59. The molecule has 0 bridgehead atoms. The molecular weight excluding hydrogens is 302 g/mol. The molecule has 0 fully saturated rings. The van der Waals surface area contributed by atoms with Gasteiger partial charge in [-0.2, -0.15) is 0 Å². The number of aryl methyl sites for hydroxylation is 2. The Hall–Kier alpha value is -2.20. The van der Waals surface area contributed by atoms with E-state index in [0.717, 1.165) is 28.4 Å². The van der Waals surface area contributed by atoms with Crippen LogP contribution < -0.4 is 5.32 Å². The third-order valence-corrected chi connectivity index (χ3v) is 4.88. The molecule has 0 unspecified atom stereocenters. The van der Waals surface area contributed by atoms with E-state index in [2.05, 4.69) is 59.7 Å². The SMILES string of the molecule is CCc1cccc(CC)c1NCc1nnc(-c2ccccc2)s1. The summed E-state index contributed by atoms with van der Waals surface area (Å²) in [5.41, 5.74) is 5.10. The van der Waals surface area contributed by atoms with Gasteiger partial charge in [0.05, 0.1) is 6.54 Å². The number of para-hydroxylation sites is 1. The number of rotatable bonds is 6. The number of benzene rings is 2. The number of nitrogens with one attached hydrogen (secondary N) is 1. The first-order chi connectivity index (χ1) is 11.3. The van der Waals surface area contributed by atoms with Crippen LogP contribution in [0.3, 0.4) is 0 Å². The number of aromatic nitrogens is 2. The second-order valence-corrected chi connectivity index (χ2v) is 6.44. The van der Waals surface area contributed by atoms with Crippen LogP contribution in [0.2, 0.25) is 0 Å². The average Bonchev–Trinajstić information content (AvgIpc) is 3.09. The second kappa shape index (κ2) is 7.38. The van der Waals surface area contributed by atoms with Crippen molar-refractivity contribution in [2.75, 3.05) is 5.32 Å². The van der Waals surface area contributed by atoms with Gasteiger partial charge in [0, 0.05) is 11.3 Å². The number of hydrogen-bond donors (Lipinski definition) is 1. The van der Waals surface area contributed by atoms with Crippen molar-refractivity contribution in [3.8, 4) is 10.6 Å². The highest BCUT2D eigenvalue weighted by atomic mass is 32.1. The van der Waals surface area contributed by atoms with Gasteiger partial charge in [0.25, 0.3) is 0 Å². The van der Waals surface area contributed by atoms with Gasteiger partial charge < -0.3 is 5.32 Å². The first kappa shape index (κ1) is 15.7. The zero-order chi connectivity index (χ0) is 16.1. The molecule has 0 aliphatic heterocycles. The summed E-state index contributed by atoms with van der Waals surface area (Å²) in [5.74, 6) is 0. The molecule has 1 aromatic heterocycles. The molecule has 0 spiro atoms. The number of nitrogens with zero attached hydrogens (tertiary/aromatic N) is 2. The molecule has 0 amide bonds. The molecule has 0 saturated heterocycles. The van der Waals surface area contributed by atoms with E-state index in [0.29, 0.717) is 6.54 Å². The third-order valence-electron chi connectivity index (χ3n) is 3.90. The minimum absolute atomic E-state index is 0.717. The first-order valence-electron chi connectivity index (χ1n) is 8.04. The Labute approximate surface area is 141 Å². The standard InChI is InChI=1S/C19H21N3S/c1-3-14-11-8-12-15(4-2)18(14)20-13-17-21-22-19(23-17)16-9-6-5-7-10-16/h5-12,20H,3-4,13H2,1-2H3. The van der Waals surface area contributed by atoms with E-state index >= 15 is 0 Å². The summed E-state index contributed by atoms with van der Waals surface area (Å²) < 4.78 is 0. The van der Waals surface area contributed by atoms with Crippen molar-refractivity contribution in [1.29, 1.82) is 0 Å². The minimum Gasteiger partial charge on any atom is -0.378 e. The summed E-state index contributed by atoms with van der Waals surface area (Å²) >= 11 is 1.65. The van der Waals surface area contributed by atoms with Gasteiger partial charge in [-0.15, -0.1) is 10.2 Å². The Kier molecular flexibility index (Phi) is 5.03. The predicted octanol–water partition coefficient (Wildman–Crippen LogP) is 4.94. The quantitative estimate of drug-likeness (QED) is 0.698. The van der Waals surface area contributed by atoms with Gasteiger partial charge >= 0.3 is 0 Å². The van der Waals surface area contributed by atoms with Crippen LogP contribution in [-0.4, -0.2) is 10.2 Å². The first-order valence-corrected chi connectivity index (χ1v) is 8.86. The zero-order valence-electron chi connectivity index (χ0n) is 13.5. The largest absolute Gasteiger partial charge is 0.378 e. The lowest BCUT2D eigenvalue weighted by Crippen LogP contribution is -2.05. The molecule has 23 heavy (non-hydrogen) atoms. The molecule has 0 aliphatic carbocycles. The van der Waals surface area contributed by atoms with Crippen molar-refractivity contribution < 1.29 is 0 Å². The zero-order valence-corrected chi connectivity index (χ0v) is 14.4. The summed E-state index contributed by atoms with van der Waals surface area (Å²) in [7, 11) is 0. The van der Waals surface area contributed by atoms with E-state index in [9.17, 15) is 0 Å². The van der Waals surface area contributed by atoms with E-state index in [1.165, 1.54) is 16.8 Å². The molecule has 2 aromatic carbocycles. The Bertz CT molecular complexity index is 743. The molecule has 1 N–H and O–H groups in total. The van der Waals surface area contributed by atoms with Crippen molar-refractivity contribution in [1.82, 2.24) is 10.2 Å². The second-order valence-electron chi connectivity index (χ2n) is 5.38. The molecule has 1 heterocycles. The molecule has 0 saturated carbocycles. The van der Waals surface area contributed by atoms with Crippen molar-refractivity contribution in [3.05, 3.63) is 64.7 Å². The van der Waals surface area contributed by atoms with Gasteiger partial charge in [0.2, 0.25) is 0 Å². The van der Waals surface area contributed by atoms with Crippen molar-refractivity contribution in [3.63, 3.8) is 0 Å². The van der Waals surface area contributed by atoms with Crippen LogP contribution in [0.25, 0.3) is 10.6 Å². The maximum Gasteiger partial charge on any atom is 0.147 e. The molecule has 3 aromatic rings. The molecule has 3 rings (SSSR count).